The van der Waals surface area contributed by atoms with Crippen molar-refractivity contribution >= 4 is 162 Å². The molecule has 6 aromatic heterocycles. The second-order valence-corrected chi connectivity index (χ2v) is 38.5. The van der Waals surface area contributed by atoms with Crippen LogP contribution in [0.15, 0.2) is 479 Å². The summed E-state index contributed by atoms with van der Waals surface area (Å²) >= 11 is 5.23. The van der Waals surface area contributed by atoms with Gasteiger partial charge in [-0.25, -0.2) is 44.9 Å². The molecule has 0 saturated heterocycles. The van der Waals surface area contributed by atoms with Crippen LogP contribution in [0.1, 0.15) is 0 Å². The van der Waals surface area contributed by atoms with E-state index in [0.717, 1.165) is 160 Å². The lowest BCUT2D eigenvalue weighted by Crippen LogP contribution is -1.97. The van der Waals surface area contributed by atoms with Gasteiger partial charge in [0.25, 0.3) is 0 Å². The third-order valence-electron chi connectivity index (χ3n) is 26.6. The number of nitrogens with zero attached hydrogens (tertiary/aromatic N) is 9. The van der Waals surface area contributed by atoms with Crippen molar-refractivity contribution in [1.82, 2.24) is 44.9 Å². The average molecular weight is 1850 g/mol. The first kappa shape index (κ1) is 83.7. The van der Waals surface area contributed by atoms with Gasteiger partial charge in [-0.3, -0.25) is 0 Å². The predicted octanol–water partition coefficient (Wildman–Crippen LogP) is 35.3. The Balaban J connectivity index is 0.000000109. The van der Waals surface area contributed by atoms with Crippen LogP contribution < -0.4 is 0 Å². The standard InChI is InChI=1S/C45H27N3S.C43H27N3S.C41H25N3S/c1-2-10-31(11-3-1)45-48-43-41(49-45)23-21-30-16-17-34-26-37(20-22-38(34)42(30)43)44-46-39(35-18-14-28-8-4-6-12-32(28)24-35)27-40(47-44)36-19-15-29-9-5-7-13-33(29)25-36;1-4-12-28(13-5-1)34-18-10-11-19-36(34)38-27-37(29-14-6-2-7-15-29)44-42(45-38)33-22-24-35-32(26-33)21-20-30-23-25-39-41(40(30)35)46-43(47-39)31-16-8-3-9-17-31;1-3-10-27(11-4-1)35-25-36(32-18-15-26-9-7-8-14-30(26)23-32)43-40(42-35)33-19-21-34-31(24-33)17-16-28-20-22-37-39(38(28)34)44-41(45-37)29-12-5-2-6-13-29/h1-27H;1-27H;1-25H. The topological polar surface area (TPSA) is 116 Å². The summed E-state index contributed by atoms with van der Waals surface area (Å²) in [7, 11) is 0. The smallest absolute Gasteiger partial charge is 0.160 e. The number of hydrogen-bond donors (Lipinski definition) is 0. The summed E-state index contributed by atoms with van der Waals surface area (Å²) in [6, 6.07) is 168. The molecule has 0 N–H and O–H groups in total. The summed E-state index contributed by atoms with van der Waals surface area (Å²) in [5.74, 6) is 2.11. The SMILES string of the molecule is c1ccc(-c2cc(-c3ccc4ccccc4c3)nc(-c3ccc4c(ccc5ccc6sc(-c7ccccc7)nc6c54)c3)n2)cc1.c1ccc(-c2cc(-c3ccccc3-c3ccccc3)nc(-c3ccc4c(ccc5ccc6sc(-c7ccccc7)nc6c54)c3)n2)cc1.c1ccc(-c2nc3c(ccc4ccc5cc(-c6nc(-c7ccc8ccccc8c7)cc(-c7ccc8ccccc8c7)n6)ccc5c43)s2)cc1. The summed E-state index contributed by atoms with van der Waals surface area (Å²) < 4.78 is 3.57. The molecule has 0 atom stereocenters. The van der Waals surface area contributed by atoms with Crippen LogP contribution in [0.3, 0.4) is 0 Å². The fourth-order valence-corrected chi connectivity index (χ4v) is 22.5. The highest BCUT2D eigenvalue weighted by Gasteiger charge is 2.23. The minimum Gasteiger partial charge on any atom is -0.235 e. The molecule has 12 heteroatoms. The van der Waals surface area contributed by atoms with E-state index in [9.17, 15) is 0 Å². The number of thiazole rings is 3. The van der Waals surface area contributed by atoms with E-state index in [2.05, 4.69) is 443 Å². The Bertz CT molecular complexity index is 9660. The van der Waals surface area contributed by atoms with E-state index in [1.54, 1.807) is 34.0 Å². The van der Waals surface area contributed by atoms with Crippen LogP contribution in [-0.2, 0) is 0 Å². The van der Waals surface area contributed by atoms with Gasteiger partial charge in [-0.2, -0.15) is 0 Å². The van der Waals surface area contributed by atoms with Crippen LogP contribution in [0.5, 0.6) is 0 Å². The van der Waals surface area contributed by atoms with E-state index >= 15 is 0 Å². The first-order valence-electron chi connectivity index (χ1n) is 47.1. The second-order valence-electron chi connectivity index (χ2n) is 35.4. The molecule has 22 aromatic carbocycles. The largest absolute Gasteiger partial charge is 0.235 e. The third kappa shape index (κ3) is 16.2. The molecule has 0 spiro atoms. The maximum atomic E-state index is 5.22. The molecule has 0 aliphatic heterocycles. The summed E-state index contributed by atoms with van der Waals surface area (Å²) in [4.78, 5) is 46.5. The summed E-state index contributed by atoms with van der Waals surface area (Å²) in [6.45, 7) is 0. The van der Waals surface area contributed by atoms with Crippen LogP contribution in [0, 0.1) is 0 Å². The van der Waals surface area contributed by atoms with Crippen molar-refractivity contribution in [3.05, 3.63) is 479 Å². The zero-order chi connectivity index (χ0) is 93.2. The third-order valence-corrected chi connectivity index (χ3v) is 29.9. The van der Waals surface area contributed by atoms with E-state index in [1.165, 1.54) is 94.9 Å². The molecule has 0 bridgehead atoms. The van der Waals surface area contributed by atoms with Gasteiger partial charge in [0.05, 0.1) is 64.8 Å². The summed E-state index contributed by atoms with van der Waals surface area (Å²) in [6.07, 6.45) is 0. The summed E-state index contributed by atoms with van der Waals surface area (Å²) in [5.41, 5.74) is 23.6. The maximum Gasteiger partial charge on any atom is 0.160 e. The van der Waals surface area contributed by atoms with Gasteiger partial charge in [-0.1, -0.05) is 406 Å². The Labute approximate surface area is 823 Å². The Hall–Kier alpha value is -17.9. The van der Waals surface area contributed by atoms with E-state index in [4.69, 9.17) is 44.9 Å². The van der Waals surface area contributed by atoms with Crippen LogP contribution >= 0.6 is 34.0 Å². The zero-order valence-corrected chi connectivity index (χ0v) is 78.3. The van der Waals surface area contributed by atoms with Crippen molar-refractivity contribution in [1.29, 1.82) is 0 Å². The van der Waals surface area contributed by atoms with Gasteiger partial charge < -0.3 is 0 Å². The van der Waals surface area contributed by atoms with Gasteiger partial charge in [-0.15, -0.1) is 34.0 Å². The quantitative estimate of drug-likeness (QED) is 0.104. The number of aromatic nitrogens is 9. The first-order chi connectivity index (χ1) is 69.8. The lowest BCUT2D eigenvalue weighted by atomic mass is 9.96. The monoisotopic (exact) mass is 1850 g/mol. The van der Waals surface area contributed by atoms with E-state index in [0.29, 0.717) is 17.5 Å². The fraction of sp³-hybridized carbons (Fsp3) is 0. The van der Waals surface area contributed by atoms with Crippen molar-refractivity contribution in [2.75, 3.05) is 0 Å². The number of benzene rings is 22. The van der Waals surface area contributed by atoms with Crippen molar-refractivity contribution in [3.63, 3.8) is 0 Å². The Morgan fingerprint density at radius 3 is 0.702 bits per heavy atom. The van der Waals surface area contributed by atoms with Gasteiger partial charge in [0.2, 0.25) is 0 Å². The molecule has 9 nitrogen and oxygen atoms in total. The van der Waals surface area contributed by atoms with Crippen LogP contribution in [-0.4, -0.2) is 44.9 Å². The molecule has 28 rings (SSSR count). The molecule has 6 heterocycles. The summed E-state index contributed by atoms with van der Waals surface area (Å²) in [5, 5.41) is 24.4. The molecule has 0 radical (unpaired) electrons. The molecular weight excluding hydrogens is 1770 g/mol. The normalized spacial score (nSPS) is 11.5. The van der Waals surface area contributed by atoms with Gasteiger partial charge in [0.15, 0.2) is 17.5 Å². The second kappa shape index (κ2) is 36.0. The lowest BCUT2D eigenvalue weighted by Gasteiger charge is -2.13. The van der Waals surface area contributed by atoms with E-state index < -0.39 is 0 Å². The molecular formula is C129H79N9S3. The zero-order valence-electron chi connectivity index (χ0n) is 75.9. The van der Waals surface area contributed by atoms with E-state index in [-0.39, 0.29) is 0 Å². The Morgan fingerprint density at radius 1 is 0.135 bits per heavy atom. The Kier molecular flexibility index (Phi) is 21.3. The molecule has 141 heavy (non-hydrogen) atoms. The predicted molar refractivity (Wildman–Crippen MR) is 594 cm³/mol. The van der Waals surface area contributed by atoms with Gasteiger partial charge in [0.1, 0.15) is 15.0 Å². The maximum absolute atomic E-state index is 5.22. The highest BCUT2D eigenvalue weighted by atomic mass is 32.1. The molecule has 28 aromatic rings. The van der Waals surface area contributed by atoms with Gasteiger partial charge in [-0.05, 0) is 165 Å². The minimum absolute atomic E-state index is 0.699. The number of fused-ring (bicyclic) bond motifs is 18. The van der Waals surface area contributed by atoms with Gasteiger partial charge in [0, 0.05) is 82.9 Å². The van der Waals surface area contributed by atoms with Crippen LogP contribution in [0.4, 0.5) is 0 Å². The lowest BCUT2D eigenvalue weighted by molar-refractivity contribution is 1.18. The molecule has 0 amide bonds. The fourth-order valence-electron chi connectivity index (χ4n) is 19.6. The molecule has 0 fully saturated rings. The minimum atomic E-state index is 0.699. The molecule has 0 saturated carbocycles. The van der Waals surface area contributed by atoms with Crippen LogP contribution in [0.25, 0.3) is 272 Å². The first-order valence-corrected chi connectivity index (χ1v) is 49.6. The number of rotatable bonds is 13. The van der Waals surface area contributed by atoms with Crippen molar-refractivity contribution in [3.8, 4) is 145 Å². The van der Waals surface area contributed by atoms with Crippen molar-refractivity contribution < 1.29 is 0 Å². The van der Waals surface area contributed by atoms with E-state index in [1.807, 2.05) is 36.4 Å². The molecule has 0 aliphatic rings. The van der Waals surface area contributed by atoms with Crippen molar-refractivity contribution in [2.45, 2.75) is 0 Å². The molecule has 658 valence electrons. The number of hydrogen-bond acceptors (Lipinski definition) is 12. The highest BCUT2D eigenvalue weighted by Crippen LogP contribution is 2.46. The highest BCUT2D eigenvalue weighted by molar-refractivity contribution is 7.22. The van der Waals surface area contributed by atoms with Crippen molar-refractivity contribution in [2.24, 2.45) is 0 Å². The molecule has 0 unspecified atom stereocenters. The Morgan fingerprint density at radius 2 is 0.369 bits per heavy atom. The molecule has 0 aliphatic carbocycles. The van der Waals surface area contributed by atoms with Gasteiger partial charge >= 0.3 is 0 Å². The average Bonchev–Trinajstić information content (AvgIpc) is 1.69. The van der Waals surface area contributed by atoms with Crippen LogP contribution in [0.2, 0.25) is 0 Å².